The summed E-state index contributed by atoms with van der Waals surface area (Å²) in [7, 11) is 0. The van der Waals surface area contributed by atoms with E-state index in [-0.39, 0.29) is 28.8 Å². The Balaban J connectivity index is 1.49. The monoisotopic (exact) mass is 544 g/mol. The number of pyridine rings is 1. The van der Waals surface area contributed by atoms with Crippen molar-refractivity contribution in [3.05, 3.63) is 69.8 Å². The van der Waals surface area contributed by atoms with Crippen molar-refractivity contribution in [3.8, 4) is 0 Å². The molecule has 2 aromatic heterocycles. The number of carbonyl (C=O) groups is 3. The smallest absolute Gasteiger partial charge is 0.353 e. The summed E-state index contributed by atoms with van der Waals surface area (Å²) < 4.78 is 0. The number of carbonyl (C=O) groups excluding carboxylic acids is 2. The van der Waals surface area contributed by atoms with Gasteiger partial charge in [0.2, 0.25) is 0 Å². The highest BCUT2D eigenvalue weighted by Gasteiger charge is 2.54. The lowest BCUT2D eigenvalue weighted by Gasteiger charge is -2.49. The molecule has 2 atom stereocenters. The Bertz CT molecular complexity index is 1280. The number of nitrogen functional groups attached to an aromatic ring is 1. The third-order valence-corrected chi connectivity index (χ3v) is 7.94. The first-order chi connectivity index (χ1) is 17.4. The number of carboxylic acids is 1. The average Bonchev–Trinajstić information content (AvgIpc) is 3.30. The lowest BCUT2D eigenvalue weighted by Crippen LogP contribution is -2.71. The molecule has 4 rings (SSSR count). The molecule has 0 radical (unpaired) electrons. The van der Waals surface area contributed by atoms with E-state index in [4.69, 9.17) is 10.6 Å². The van der Waals surface area contributed by atoms with Crippen LogP contribution < -0.4 is 11.1 Å². The summed E-state index contributed by atoms with van der Waals surface area (Å²) in [6.45, 7) is 3.59. The van der Waals surface area contributed by atoms with Gasteiger partial charge in [0, 0.05) is 28.4 Å². The second kappa shape index (κ2) is 11.4. The van der Waals surface area contributed by atoms with Crippen LogP contribution in [0.4, 0.5) is 5.13 Å². The molecular formula is C22H20N6O5S3. The number of aromatic nitrogens is 2. The predicted molar refractivity (Wildman–Crippen MR) is 140 cm³/mol. The number of fused-ring (bicyclic) bond motifs is 1. The van der Waals surface area contributed by atoms with Crippen molar-refractivity contribution in [2.24, 2.45) is 5.16 Å². The maximum atomic E-state index is 13.0. The van der Waals surface area contributed by atoms with Crippen molar-refractivity contribution in [3.63, 3.8) is 0 Å². The molecule has 4 N–H and O–H groups in total. The minimum absolute atomic E-state index is 0.0630. The van der Waals surface area contributed by atoms with Gasteiger partial charge in [-0.2, -0.15) is 0 Å². The van der Waals surface area contributed by atoms with Gasteiger partial charge in [0.25, 0.3) is 11.8 Å². The van der Waals surface area contributed by atoms with Crippen LogP contribution in [0.3, 0.4) is 0 Å². The molecule has 0 spiro atoms. The number of rotatable bonds is 10. The largest absolute Gasteiger partial charge is 0.477 e. The van der Waals surface area contributed by atoms with E-state index in [1.807, 2.05) is 12.1 Å². The van der Waals surface area contributed by atoms with Gasteiger partial charge in [0.15, 0.2) is 10.8 Å². The maximum Gasteiger partial charge on any atom is 0.353 e. The number of nitrogens with zero attached hydrogens (tertiary/aromatic N) is 4. The van der Waals surface area contributed by atoms with E-state index in [0.29, 0.717) is 10.7 Å². The molecule has 2 amide bonds. The first-order valence-corrected chi connectivity index (χ1v) is 13.2. The summed E-state index contributed by atoms with van der Waals surface area (Å²) in [5, 5.41) is 19.3. The fourth-order valence-corrected chi connectivity index (χ4v) is 6.22. The van der Waals surface area contributed by atoms with Gasteiger partial charge in [-0.25, -0.2) is 9.78 Å². The van der Waals surface area contributed by atoms with Crippen molar-refractivity contribution in [1.82, 2.24) is 20.2 Å². The highest BCUT2D eigenvalue weighted by atomic mass is 32.2. The van der Waals surface area contributed by atoms with Crippen LogP contribution in [0.2, 0.25) is 0 Å². The summed E-state index contributed by atoms with van der Waals surface area (Å²) in [6, 6.07) is 2.73. The second-order valence-corrected chi connectivity index (χ2v) is 10.2. The zero-order valence-corrected chi connectivity index (χ0v) is 21.0. The first kappa shape index (κ1) is 25.5. The normalized spacial score (nSPS) is 19.6. The Morgan fingerprint density at radius 1 is 1.47 bits per heavy atom. The molecule has 0 saturated carbocycles. The summed E-state index contributed by atoms with van der Waals surface area (Å²) in [5.41, 5.74) is 6.49. The van der Waals surface area contributed by atoms with Gasteiger partial charge in [-0.15, -0.1) is 23.1 Å². The fourth-order valence-electron chi connectivity index (χ4n) is 3.32. The maximum absolute atomic E-state index is 13.0. The van der Waals surface area contributed by atoms with Gasteiger partial charge >= 0.3 is 5.97 Å². The number of thiazole rings is 1. The number of β-lactam (4-membered cyclic amide) rings is 1. The van der Waals surface area contributed by atoms with Crippen LogP contribution in [-0.2, 0) is 19.2 Å². The lowest BCUT2D eigenvalue weighted by molar-refractivity contribution is -0.150. The van der Waals surface area contributed by atoms with E-state index >= 15 is 0 Å². The first-order valence-electron chi connectivity index (χ1n) is 10.4. The topological polar surface area (TPSA) is 160 Å². The third-order valence-electron chi connectivity index (χ3n) is 4.91. The van der Waals surface area contributed by atoms with Crippen LogP contribution in [0.25, 0.3) is 6.08 Å². The van der Waals surface area contributed by atoms with Crippen LogP contribution >= 0.6 is 34.9 Å². The molecule has 14 heteroatoms. The predicted octanol–water partition coefficient (Wildman–Crippen LogP) is 2.13. The van der Waals surface area contributed by atoms with E-state index in [1.54, 1.807) is 29.2 Å². The molecule has 2 aliphatic heterocycles. The lowest BCUT2D eigenvalue weighted by atomic mass is 10.0. The Morgan fingerprint density at radius 2 is 2.31 bits per heavy atom. The van der Waals surface area contributed by atoms with E-state index in [1.165, 1.54) is 34.5 Å². The van der Waals surface area contributed by atoms with Gasteiger partial charge in [-0.1, -0.05) is 35.6 Å². The summed E-state index contributed by atoms with van der Waals surface area (Å²) in [6.07, 6.45) is 6.61. The van der Waals surface area contributed by atoms with Crippen molar-refractivity contribution >= 4 is 69.6 Å². The van der Waals surface area contributed by atoms with E-state index in [9.17, 15) is 19.5 Å². The molecular weight excluding hydrogens is 524 g/mol. The van der Waals surface area contributed by atoms with Crippen molar-refractivity contribution in [1.29, 1.82) is 0 Å². The van der Waals surface area contributed by atoms with Crippen LogP contribution in [0.5, 0.6) is 0 Å². The molecule has 186 valence electrons. The highest BCUT2D eigenvalue weighted by molar-refractivity contribution is 8.08. The molecule has 4 heterocycles. The molecule has 1 fully saturated rings. The summed E-state index contributed by atoms with van der Waals surface area (Å²) in [4.78, 5) is 52.9. The van der Waals surface area contributed by atoms with Gasteiger partial charge in [0.05, 0.1) is 0 Å². The Morgan fingerprint density at radius 3 is 2.97 bits per heavy atom. The van der Waals surface area contributed by atoms with Gasteiger partial charge in [-0.3, -0.25) is 19.5 Å². The number of nitrogens with one attached hydrogen (secondary N) is 1. The van der Waals surface area contributed by atoms with Crippen molar-refractivity contribution < 1.29 is 24.3 Å². The number of hydrogen-bond acceptors (Lipinski definition) is 11. The summed E-state index contributed by atoms with van der Waals surface area (Å²) >= 11 is 3.71. The number of thioether (sulfide) groups is 2. The Hall–Kier alpha value is -3.62. The number of nitrogens with two attached hydrogens (primary N) is 1. The van der Waals surface area contributed by atoms with Crippen molar-refractivity contribution in [2.45, 2.75) is 11.4 Å². The SMILES string of the molecule is C=CCON=C(C(=O)NC1C(=O)N2C(C(=O)O)=C(S/C=C\c3cccnc3)CS[C@H]12)c1csc(N)n1. The molecule has 2 aromatic rings. The van der Waals surface area contributed by atoms with Gasteiger partial charge in [0.1, 0.15) is 29.4 Å². The minimum Gasteiger partial charge on any atom is -0.477 e. The van der Waals surface area contributed by atoms with Gasteiger partial charge in [-0.05, 0) is 23.1 Å². The molecule has 0 aliphatic carbocycles. The fraction of sp³-hybridized carbons (Fsp3) is 0.182. The zero-order valence-electron chi connectivity index (χ0n) is 18.6. The minimum atomic E-state index is -1.21. The molecule has 1 saturated heterocycles. The number of hydrogen-bond donors (Lipinski definition) is 3. The second-order valence-electron chi connectivity index (χ2n) is 7.24. The number of anilines is 1. The van der Waals surface area contributed by atoms with Crippen LogP contribution in [0.15, 0.2) is 63.7 Å². The van der Waals surface area contributed by atoms with Crippen molar-refractivity contribution in [2.75, 3.05) is 18.1 Å². The molecule has 36 heavy (non-hydrogen) atoms. The number of carboxylic acid groups (broad SMARTS) is 1. The molecule has 1 unspecified atom stereocenters. The summed E-state index contributed by atoms with van der Waals surface area (Å²) in [5.74, 6) is -2.08. The number of oxime groups is 1. The zero-order chi connectivity index (χ0) is 25.7. The standard InChI is InChI=1S/C22H20N6O5S3/c1-2-7-33-27-15(13-10-36-22(23)25-13)18(29)26-16-19(30)28-17(21(31)32)14(11-35-20(16)28)34-8-5-12-4-3-6-24-9-12/h2-6,8-10,16,20H,1,7,11H2,(H2,23,25)(H,26,29)(H,31,32)/b8-5-,27-15?/t16?,20-/m1/s1. The highest BCUT2D eigenvalue weighted by Crippen LogP contribution is 2.43. The molecule has 11 nitrogen and oxygen atoms in total. The molecule has 0 aromatic carbocycles. The third kappa shape index (κ3) is 5.45. The number of amides is 2. The Kier molecular flexibility index (Phi) is 8.07. The number of aliphatic carboxylic acids is 1. The van der Waals surface area contributed by atoms with Crippen LogP contribution in [0.1, 0.15) is 11.3 Å². The van der Waals surface area contributed by atoms with Crippen LogP contribution in [0, 0.1) is 0 Å². The molecule has 2 aliphatic rings. The molecule has 0 bridgehead atoms. The van der Waals surface area contributed by atoms with E-state index in [2.05, 4.69) is 27.0 Å². The average molecular weight is 545 g/mol. The van der Waals surface area contributed by atoms with Gasteiger partial charge < -0.3 is 21.0 Å². The quantitative estimate of drug-likeness (QED) is 0.133. The Labute approximate surface area is 218 Å². The van der Waals surface area contributed by atoms with E-state index < -0.39 is 29.2 Å². The van der Waals surface area contributed by atoms with Crippen LogP contribution in [-0.4, -0.2) is 67.2 Å². The van der Waals surface area contributed by atoms with E-state index in [0.717, 1.165) is 16.9 Å².